The van der Waals surface area contributed by atoms with Gasteiger partial charge in [0.05, 0.1) is 19.8 Å². The summed E-state index contributed by atoms with van der Waals surface area (Å²) in [4.78, 5) is 11.8. The van der Waals surface area contributed by atoms with Crippen LogP contribution < -0.4 is 15.8 Å². The van der Waals surface area contributed by atoms with Gasteiger partial charge in [0.2, 0.25) is 0 Å². The quantitative estimate of drug-likeness (QED) is 0.811. The molecule has 0 aliphatic heterocycles. The standard InChI is InChI=1S/C16H26N2O3/c1-5-21-16(19)18-15(14(10-17)11(2)3)12-6-8-13(20-4)9-7-12/h6-9,11,14-15H,5,10,17H2,1-4H3,(H,18,19). The largest absolute Gasteiger partial charge is 0.497 e. The molecule has 5 heteroatoms. The van der Waals surface area contributed by atoms with Crippen molar-refractivity contribution >= 4 is 6.09 Å². The lowest BCUT2D eigenvalue weighted by Crippen LogP contribution is -2.39. The summed E-state index contributed by atoms with van der Waals surface area (Å²) in [6.07, 6.45) is -0.419. The molecule has 0 aromatic heterocycles. The van der Waals surface area contributed by atoms with Crippen LogP contribution in [0.1, 0.15) is 32.4 Å². The van der Waals surface area contributed by atoms with Crippen LogP contribution in [-0.4, -0.2) is 26.4 Å². The van der Waals surface area contributed by atoms with E-state index < -0.39 is 6.09 Å². The summed E-state index contributed by atoms with van der Waals surface area (Å²) < 4.78 is 10.2. The van der Waals surface area contributed by atoms with Gasteiger partial charge >= 0.3 is 6.09 Å². The molecule has 2 atom stereocenters. The van der Waals surface area contributed by atoms with E-state index in [-0.39, 0.29) is 12.0 Å². The summed E-state index contributed by atoms with van der Waals surface area (Å²) >= 11 is 0. The Labute approximate surface area is 126 Å². The van der Waals surface area contributed by atoms with Gasteiger partial charge in [-0.3, -0.25) is 0 Å². The van der Waals surface area contributed by atoms with Crippen LogP contribution in [0.5, 0.6) is 5.75 Å². The van der Waals surface area contributed by atoms with E-state index in [1.54, 1.807) is 14.0 Å². The fourth-order valence-electron chi connectivity index (χ4n) is 2.34. The van der Waals surface area contributed by atoms with Crippen molar-refractivity contribution in [3.63, 3.8) is 0 Å². The number of hydrogen-bond donors (Lipinski definition) is 2. The second kappa shape index (κ2) is 8.52. The Morgan fingerprint density at radius 2 is 1.90 bits per heavy atom. The average Bonchev–Trinajstić information content (AvgIpc) is 2.47. The molecular weight excluding hydrogens is 268 g/mol. The summed E-state index contributed by atoms with van der Waals surface area (Å²) in [6.45, 7) is 6.81. The highest BCUT2D eigenvalue weighted by Gasteiger charge is 2.27. The molecule has 0 bridgehead atoms. The number of nitrogens with one attached hydrogen (secondary N) is 1. The van der Waals surface area contributed by atoms with Gasteiger partial charge in [-0.1, -0.05) is 26.0 Å². The van der Waals surface area contributed by atoms with E-state index in [0.29, 0.717) is 19.1 Å². The molecule has 0 radical (unpaired) electrons. The topological polar surface area (TPSA) is 73.6 Å². The maximum absolute atomic E-state index is 11.8. The van der Waals surface area contributed by atoms with Crippen molar-refractivity contribution < 1.29 is 14.3 Å². The number of ether oxygens (including phenoxy) is 2. The molecule has 0 saturated carbocycles. The van der Waals surface area contributed by atoms with E-state index in [2.05, 4.69) is 19.2 Å². The lowest BCUT2D eigenvalue weighted by Gasteiger charge is -2.30. The Morgan fingerprint density at radius 1 is 1.29 bits per heavy atom. The molecule has 1 amide bonds. The van der Waals surface area contributed by atoms with Crippen molar-refractivity contribution in [3.8, 4) is 5.75 Å². The van der Waals surface area contributed by atoms with E-state index in [0.717, 1.165) is 11.3 Å². The van der Waals surface area contributed by atoms with Crippen LogP contribution in [0, 0.1) is 11.8 Å². The Balaban J connectivity index is 3.01. The normalized spacial score (nSPS) is 13.6. The first kappa shape index (κ1) is 17.3. The molecule has 0 aliphatic carbocycles. The highest BCUT2D eigenvalue weighted by Crippen LogP contribution is 2.28. The maximum Gasteiger partial charge on any atom is 0.407 e. The Kier molecular flexibility index (Phi) is 7.02. The van der Waals surface area contributed by atoms with Crippen LogP contribution in [0.4, 0.5) is 4.79 Å². The third kappa shape index (κ3) is 4.93. The number of carbonyl (C=O) groups excluding carboxylic acids is 1. The van der Waals surface area contributed by atoms with Crippen LogP contribution in [-0.2, 0) is 4.74 Å². The fourth-order valence-corrected chi connectivity index (χ4v) is 2.34. The predicted octanol–water partition coefficient (Wildman–Crippen LogP) is 2.71. The Hall–Kier alpha value is -1.75. The average molecular weight is 294 g/mol. The molecule has 118 valence electrons. The first-order chi connectivity index (χ1) is 10.0. The maximum atomic E-state index is 11.8. The molecule has 0 fully saturated rings. The van der Waals surface area contributed by atoms with Crippen LogP contribution >= 0.6 is 0 Å². The van der Waals surface area contributed by atoms with Gasteiger partial charge in [-0.05, 0) is 43.0 Å². The molecule has 1 aromatic carbocycles. The van der Waals surface area contributed by atoms with Gasteiger partial charge in [-0.25, -0.2) is 4.79 Å². The number of carbonyl (C=O) groups is 1. The highest BCUT2D eigenvalue weighted by atomic mass is 16.5. The van der Waals surface area contributed by atoms with Crippen LogP contribution in [0.3, 0.4) is 0 Å². The molecule has 5 nitrogen and oxygen atoms in total. The molecule has 0 aliphatic rings. The summed E-state index contributed by atoms with van der Waals surface area (Å²) in [6, 6.07) is 7.47. The monoisotopic (exact) mass is 294 g/mol. The number of nitrogens with two attached hydrogens (primary N) is 1. The van der Waals surface area contributed by atoms with E-state index in [1.165, 1.54) is 0 Å². The zero-order valence-electron chi connectivity index (χ0n) is 13.3. The summed E-state index contributed by atoms with van der Waals surface area (Å²) in [5.74, 6) is 1.24. The molecule has 3 N–H and O–H groups in total. The minimum Gasteiger partial charge on any atom is -0.497 e. The molecule has 0 heterocycles. The van der Waals surface area contributed by atoms with Crippen LogP contribution in [0.25, 0.3) is 0 Å². The lowest BCUT2D eigenvalue weighted by molar-refractivity contribution is 0.140. The molecule has 2 unspecified atom stereocenters. The predicted molar refractivity (Wildman–Crippen MR) is 83.3 cm³/mol. The third-order valence-electron chi connectivity index (χ3n) is 3.58. The molecular formula is C16H26N2O3. The van der Waals surface area contributed by atoms with Crippen LogP contribution in [0.15, 0.2) is 24.3 Å². The molecule has 1 rings (SSSR count). The van der Waals surface area contributed by atoms with E-state index in [9.17, 15) is 4.79 Å². The molecule has 0 saturated heterocycles. The third-order valence-corrected chi connectivity index (χ3v) is 3.58. The number of hydrogen-bond acceptors (Lipinski definition) is 4. The van der Waals surface area contributed by atoms with Crippen molar-refractivity contribution in [3.05, 3.63) is 29.8 Å². The summed E-state index contributed by atoms with van der Waals surface area (Å²) in [7, 11) is 1.63. The first-order valence-corrected chi connectivity index (χ1v) is 7.30. The van der Waals surface area contributed by atoms with Gasteiger partial charge in [-0.15, -0.1) is 0 Å². The van der Waals surface area contributed by atoms with Gasteiger partial charge in [0, 0.05) is 0 Å². The van der Waals surface area contributed by atoms with Crippen molar-refractivity contribution in [2.75, 3.05) is 20.3 Å². The number of rotatable bonds is 7. The zero-order chi connectivity index (χ0) is 15.8. The Bertz CT molecular complexity index is 432. The van der Waals surface area contributed by atoms with Crippen molar-refractivity contribution in [1.82, 2.24) is 5.32 Å². The van der Waals surface area contributed by atoms with Crippen molar-refractivity contribution in [2.24, 2.45) is 17.6 Å². The van der Waals surface area contributed by atoms with Gasteiger partial charge < -0.3 is 20.5 Å². The van der Waals surface area contributed by atoms with E-state index >= 15 is 0 Å². The van der Waals surface area contributed by atoms with E-state index in [4.69, 9.17) is 15.2 Å². The second-order valence-corrected chi connectivity index (χ2v) is 5.26. The number of methoxy groups -OCH3 is 1. The molecule has 21 heavy (non-hydrogen) atoms. The summed E-state index contributed by atoms with van der Waals surface area (Å²) in [5, 5.41) is 2.92. The SMILES string of the molecule is CCOC(=O)NC(c1ccc(OC)cc1)C(CN)C(C)C. The van der Waals surface area contributed by atoms with Gasteiger partial charge in [0.1, 0.15) is 5.75 Å². The summed E-state index contributed by atoms with van der Waals surface area (Å²) in [5.41, 5.74) is 6.89. The van der Waals surface area contributed by atoms with Crippen molar-refractivity contribution in [2.45, 2.75) is 26.8 Å². The second-order valence-electron chi connectivity index (χ2n) is 5.26. The number of amides is 1. The minimum atomic E-state index is -0.419. The first-order valence-electron chi connectivity index (χ1n) is 7.30. The minimum absolute atomic E-state index is 0.128. The van der Waals surface area contributed by atoms with Crippen LogP contribution in [0.2, 0.25) is 0 Å². The smallest absolute Gasteiger partial charge is 0.407 e. The number of alkyl carbamates (subject to hydrolysis) is 1. The zero-order valence-corrected chi connectivity index (χ0v) is 13.3. The molecule has 1 aromatic rings. The van der Waals surface area contributed by atoms with E-state index in [1.807, 2.05) is 24.3 Å². The van der Waals surface area contributed by atoms with Gasteiger partial charge in [-0.2, -0.15) is 0 Å². The van der Waals surface area contributed by atoms with Crippen molar-refractivity contribution in [1.29, 1.82) is 0 Å². The van der Waals surface area contributed by atoms with Gasteiger partial charge in [0.15, 0.2) is 0 Å². The fraction of sp³-hybridized carbons (Fsp3) is 0.562. The highest BCUT2D eigenvalue weighted by molar-refractivity contribution is 5.68. The van der Waals surface area contributed by atoms with Gasteiger partial charge in [0.25, 0.3) is 0 Å². The molecule has 0 spiro atoms. The lowest BCUT2D eigenvalue weighted by atomic mass is 9.84. The number of benzene rings is 1. The Morgan fingerprint density at radius 3 is 2.33 bits per heavy atom.